The van der Waals surface area contributed by atoms with Gasteiger partial charge in [-0.3, -0.25) is 14.5 Å². The van der Waals surface area contributed by atoms with Crippen molar-refractivity contribution in [1.82, 2.24) is 24.7 Å². The minimum atomic E-state index is 0.0233. The number of benzene rings is 2. The van der Waals surface area contributed by atoms with Crippen LogP contribution in [0, 0.1) is 0 Å². The first kappa shape index (κ1) is 21.1. The molecule has 7 nitrogen and oxygen atoms in total. The van der Waals surface area contributed by atoms with E-state index >= 15 is 0 Å². The first-order valence-electron chi connectivity index (χ1n) is 11.6. The first-order chi connectivity index (χ1) is 16.7. The number of aromatic nitrogens is 2. The summed E-state index contributed by atoms with van der Waals surface area (Å²) in [6.07, 6.45) is 3.68. The molecule has 172 valence electrons. The van der Waals surface area contributed by atoms with E-state index in [1.165, 1.54) is 11.3 Å². The maximum atomic E-state index is 13.1. The summed E-state index contributed by atoms with van der Waals surface area (Å²) >= 11 is 1.39. The number of likely N-dealkylation sites (tertiary alicyclic amines) is 1. The fourth-order valence-corrected chi connectivity index (χ4v) is 5.51. The summed E-state index contributed by atoms with van der Waals surface area (Å²) in [6.45, 7) is 4.54. The van der Waals surface area contributed by atoms with Gasteiger partial charge < -0.3 is 14.8 Å². The predicted molar refractivity (Wildman–Crippen MR) is 133 cm³/mol. The summed E-state index contributed by atoms with van der Waals surface area (Å²) in [5.74, 6) is 0.0989. The van der Waals surface area contributed by atoms with Crippen LogP contribution in [-0.2, 0) is 0 Å². The van der Waals surface area contributed by atoms with Crippen molar-refractivity contribution in [2.24, 2.45) is 0 Å². The van der Waals surface area contributed by atoms with Gasteiger partial charge in [-0.05, 0) is 17.7 Å². The quantitative estimate of drug-likeness (QED) is 0.494. The standard InChI is InChI=1S/C26H25N5O2S/c32-25(19-6-7-21-22(15-28-23(21)14-19)18-4-2-1-3-5-18)31-16-20(17-31)29-9-11-30(12-10-29)26(33)24-27-8-13-34-24/h1-8,13-15,20,28H,9-12,16-17H2. The Hall–Kier alpha value is -3.49. The largest absolute Gasteiger partial charge is 0.361 e. The summed E-state index contributed by atoms with van der Waals surface area (Å²) in [6, 6.07) is 16.6. The third-order valence-electron chi connectivity index (χ3n) is 6.90. The van der Waals surface area contributed by atoms with Gasteiger partial charge in [0.2, 0.25) is 0 Å². The van der Waals surface area contributed by atoms with Gasteiger partial charge in [-0.2, -0.15) is 0 Å². The SMILES string of the molecule is O=C(c1ccc2c(-c3ccccc3)c[nH]c2c1)N1CC(N2CCN(C(=O)c3nccs3)CC2)C1. The molecule has 2 aliphatic rings. The van der Waals surface area contributed by atoms with Crippen LogP contribution >= 0.6 is 11.3 Å². The second-order valence-corrected chi connectivity index (χ2v) is 9.75. The number of hydrogen-bond donors (Lipinski definition) is 1. The number of aromatic amines is 1. The second-order valence-electron chi connectivity index (χ2n) is 8.86. The van der Waals surface area contributed by atoms with Crippen molar-refractivity contribution in [2.75, 3.05) is 39.3 Å². The van der Waals surface area contributed by atoms with Gasteiger partial charge in [0.1, 0.15) is 0 Å². The van der Waals surface area contributed by atoms with Crippen LogP contribution in [0.15, 0.2) is 66.3 Å². The summed E-state index contributed by atoms with van der Waals surface area (Å²) in [4.78, 5) is 39.2. The van der Waals surface area contributed by atoms with Crippen molar-refractivity contribution in [2.45, 2.75) is 6.04 Å². The lowest BCUT2D eigenvalue weighted by Crippen LogP contribution is -2.64. The highest BCUT2D eigenvalue weighted by Gasteiger charge is 2.37. The van der Waals surface area contributed by atoms with Crippen molar-refractivity contribution >= 4 is 34.1 Å². The van der Waals surface area contributed by atoms with Crippen LogP contribution in [-0.4, -0.2) is 81.8 Å². The summed E-state index contributed by atoms with van der Waals surface area (Å²) in [5, 5.41) is 3.51. The van der Waals surface area contributed by atoms with Crippen LogP contribution in [0.3, 0.4) is 0 Å². The molecule has 4 aromatic rings. The minimum Gasteiger partial charge on any atom is -0.361 e. The molecule has 2 saturated heterocycles. The molecular formula is C26H25N5O2S. The van der Waals surface area contributed by atoms with Gasteiger partial charge in [-0.15, -0.1) is 11.3 Å². The van der Waals surface area contributed by atoms with Crippen molar-refractivity contribution in [3.8, 4) is 11.1 Å². The Morgan fingerprint density at radius 2 is 1.74 bits per heavy atom. The maximum absolute atomic E-state index is 13.1. The summed E-state index contributed by atoms with van der Waals surface area (Å²) in [5.41, 5.74) is 3.99. The average Bonchev–Trinajstić information content (AvgIpc) is 3.54. The number of fused-ring (bicyclic) bond motifs is 1. The Labute approximate surface area is 201 Å². The monoisotopic (exact) mass is 471 g/mol. The molecule has 6 rings (SSSR count). The molecule has 4 heterocycles. The first-order valence-corrected chi connectivity index (χ1v) is 12.4. The number of thiazole rings is 1. The molecular weight excluding hydrogens is 446 g/mol. The number of H-pyrrole nitrogens is 1. The lowest BCUT2D eigenvalue weighted by Gasteiger charge is -2.48. The molecule has 0 saturated carbocycles. The van der Waals surface area contributed by atoms with E-state index in [9.17, 15) is 9.59 Å². The Morgan fingerprint density at radius 1 is 0.941 bits per heavy atom. The zero-order valence-corrected chi connectivity index (χ0v) is 19.5. The number of nitrogens with zero attached hydrogens (tertiary/aromatic N) is 4. The number of hydrogen-bond acceptors (Lipinski definition) is 5. The Bertz CT molecular complexity index is 1320. The molecule has 0 atom stereocenters. The molecule has 1 N–H and O–H groups in total. The minimum absolute atomic E-state index is 0.0233. The van der Waals surface area contributed by atoms with Crippen LogP contribution in [0.2, 0.25) is 0 Å². The third-order valence-corrected chi connectivity index (χ3v) is 7.66. The number of carbonyl (C=O) groups excluding carboxylic acids is 2. The van der Waals surface area contributed by atoms with E-state index in [4.69, 9.17) is 0 Å². The van der Waals surface area contributed by atoms with Gasteiger partial charge in [0.05, 0.1) is 0 Å². The topological polar surface area (TPSA) is 72.5 Å². The van der Waals surface area contributed by atoms with Crippen molar-refractivity contribution < 1.29 is 9.59 Å². The predicted octanol–water partition coefficient (Wildman–Crippen LogP) is 3.57. The summed E-state index contributed by atoms with van der Waals surface area (Å²) in [7, 11) is 0. The second kappa shape index (κ2) is 8.70. The number of amides is 2. The van der Waals surface area contributed by atoms with Crippen LogP contribution in [0.4, 0.5) is 0 Å². The van der Waals surface area contributed by atoms with E-state index in [1.54, 1.807) is 6.20 Å². The van der Waals surface area contributed by atoms with Gasteiger partial charge in [0.25, 0.3) is 11.8 Å². The normalized spacial score (nSPS) is 17.2. The van der Waals surface area contributed by atoms with Gasteiger partial charge in [-0.1, -0.05) is 36.4 Å². The lowest BCUT2D eigenvalue weighted by molar-refractivity contribution is 0.00854. The fourth-order valence-electron chi connectivity index (χ4n) is 4.90. The molecule has 0 bridgehead atoms. The number of carbonyl (C=O) groups is 2. The van der Waals surface area contributed by atoms with E-state index in [0.717, 1.165) is 48.2 Å². The highest BCUT2D eigenvalue weighted by atomic mass is 32.1. The highest BCUT2D eigenvalue weighted by Crippen LogP contribution is 2.30. The number of nitrogens with one attached hydrogen (secondary N) is 1. The number of rotatable bonds is 4. The zero-order chi connectivity index (χ0) is 23.1. The molecule has 0 radical (unpaired) electrons. The van der Waals surface area contributed by atoms with E-state index in [1.807, 2.05) is 57.8 Å². The molecule has 0 aliphatic carbocycles. The molecule has 2 fully saturated rings. The highest BCUT2D eigenvalue weighted by molar-refractivity contribution is 7.11. The Balaban J connectivity index is 1.06. The molecule has 2 aromatic carbocycles. The Morgan fingerprint density at radius 3 is 2.47 bits per heavy atom. The van der Waals surface area contributed by atoms with Crippen molar-refractivity contribution in [1.29, 1.82) is 0 Å². The van der Waals surface area contributed by atoms with Crippen molar-refractivity contribution in [3.05, 3.63) is 76.9 Å². The van der Waals surface area contributed by atoms with Crippen LogP contribution in [0.5, 0.6) is 0 Å². The Kier molecular flexibility index (Phi) is 5.39. The van der Waals surface area contributed by atoms with Gasteiger partial charge in [0.15, 0.2) is 5.01 Å². The van der Waals surface area contributed by atoms with Gasteiger partial charge in [0, 0.05) is 85.1 Å². The third kappa shape index (κ3) is 3.78. The maximum Gasteiger partial charge on any atom is 0.282 e. The lowest BCUT2D eigenvalue weighted by atomic mass is 10.0. The molecule has 2 amide bonds. The molecule has 2 aliphatic heterocycles. The smallest absolute Gasteiger partial charge is 0.282 e. The number of piperazine rings is 1. The molecule has 0 unspecified atom stereocenters. The zero-order valence-electron chi connectivity index (χ0n) is 18.7. The van der Waals surface area contributed by atoms with Crippen molar-refractivity contribution in [3.63, 3.8) is 0 Å². The molecule has 0 spiro atoms. The molecule has 2 aromatic heterocycles. The van der Waals surface area contributed by atoms with E-state index < -0.39 is 0 Å². The average molecular weight is 472 g/mol. The van der Waals surface area contributed by atoms with E-state index in [-0.39, 0.29) is 11.8 Å². The van der Waals surface area contributed by atoms with Crippen LogP contribution < -0.4 is 0 Å². The van der Waals surface area contributed by atoms with Crippen LogP contribution in [0.25, 0.3) is 22.0 Å². The molecule has 8 heteroatoms. The van der Waals surface area contributed by atoms with Gasteiger partial charge >= 0.3 is 0 Å². The van der Waals surface area contributed by atoms with Crippen LogP contribution in [0.1, 0.15) is 20.2 Å². The van der Waals surface area contributed by atoms with E-state index in [0.29, 0.717) is 29.7 Å². The van der Waals surface area contributed by atoms with Gasteiger partial charge in [-0.25, -0.2) is 4.98 Å². The molecule has 34 heavy (non-hydrogen) atoms. The summed E-state index contributed by atoms with van der Waals surface area (Å²) < 4.78 is 0. The van der Waals surface area contributed by atoms with E-state index in [2.05, 4.69) is 27.0 Å². The fraction of sp³-hybridized carbons (Fsp3) is 0.269.